The molecule has 22 heavy (non-hydrogen) atoms. The summed E-state index contributed by atoms with van der Waals surface area (Å²) in [5, 5.41) is 41.5. The molecule has 7 nitrogen and oxygen atoms in total. The number of carbonyl (C=O) groups is 2. The van der Waals surface area contributed by atoms with E-state index in [1.54, 1.807) is 0 Å². The van der Waals surface area contributed by atoms with Gasteiger partial charge in [-0.15, -0.1) is 0 Å². The van der Waals surface area contributed by atoms with E-state index in [9.17, 15) is 30.0 Å². The summed E-state index contributed by atoms with van der Waals surface area (Å²) in [6.45, 7) is 0. The summed E-state index contributed by atoms with van der Waals surface area (Å²) in [6, 6.07) is 10.7. The van der Waals surface area contributed by atoms with Gasteiger partial charge in [-0.1, -0.05) is 60.0 Å². The number of carboxylic acid groups (broad SMARTS) is 2. The van der Waals surface area contributed by atoms with Gasteiger partial charge in [-0.05, 0) is 11.1 Å². The van der Waals surface area contributed by atoms with Crippen LogP contribution in [0.25, 0.3) is 0 Å². The Bertz CT molecular complexity index is 573. The van der Waals surface area contributed by atoms with E-state index in [4.69, 9.17) is 0 Å². The summed E-state index contributed by atoms with van der Waals surface area (Å²) in [7, 11) is 0. The Morgan fingerprint density at radius 2 is 0.955 bits per heavy atom. The first-order valence-corrected chi connectivity index (χ1v) is 5.38. The average Bonchev–Trinajstić information content (AvgIpc) is 2.40. The molecule has 0 aromatic heterocycles. The number of aromatic carboxylic acids is 2. The van der Waals surface area contributed by atoms with Gasteiger partial charge in [0.05, 0.1) is 11.9 Å². The molecule has 2 aromatic rings. The molecule has 0 atom stereocenters. The van der Waals surface area contributed by atoms with Crippen molar-refractivity contribution in [1.82, 2.24) is 0 Å². The third-order valence-corrected chi connectivity index (χ3v) is 2.21. The van der Waals surface area contributed by atoms with E-state index in [-0.39, 0.29) is 39.7 Å². The van der Waals surface area contributed by atoms with Crippen molar-refractivity contribution in [2.45, 2.75) is 0 Å². The van der Waals surface area contributed by atoms with Gasteiger partial charge < -0.3 is 35.5 Å². The molecule has 0 fully saturated rings. The maximum atomic E-state index is 10.6. The Labute approximate surface area is 141 Å². The molecule has 0 spiro atoms. The van der Waals surface area contributed by atoms with Gasteiger partial charge in [0, 0.05) is 0 Å². The molecule has 2 rings (SSSR count). The van der Waals surface area contributed by atoms with Crippen molar-refractivity contribution in [3.8, 4) is 11.5 Å². The van der Waals surface area contributed by atoms with Crippen molar-refractivity contribution in [3.63, 3.8) is 0 Å². The third-order valence-electron chi connectivity index (χ3n) is 2.21. The second-order valence-electron chi connectivity index (χ2n) is 3.57. The van der Waals surface area contributed by atoms with Crippen LogP contribution in [0.2, 0.25) is 0 Å². The van der Waals surface area contributed by atoms with Crippen LogP contribution in [0.1, 0.15) is 20.7 Å². The van der Waals surface area contributed by atoms with Gasteiger partial charge in [-0.3, -0.25) is 0 Å². The molecule has 2 N–H and O–H groups in total. The standard InChI is InChI=1S/2C7H6O3.Mg.H2O/c2*8-6-4-2-1-3-5(6)7(9)10;;/h2*1-4,8H,(H,9,10);;1H2/q;;+2;/p-4. The Balaban J connectivity index is 0. The first kappa shape index (κ1) is 22.0. The number of benzene rings is 2. The summed E-state index contributed by atoms with van der Waals surface area (Å²) in [5.41, 5.74) is -0.579. The van der Waals surface area contributed by atoms with Crippen molar-refractivity contribution < 1.29 is 35.5 Å². The third kappa shape index (κ3) is 6.44. The number of para-hydroxylation sites is 2. The topological polar surface area (TPSA) is 158 Å². The fourth-order valence-corrected chi connectivity index (χ4v) is 1.27. The molecular formula is C14H10MgO7-2. The fourth-order valence-electron chi connectivity index (χ4n) is 1.27. The average molecular weight is 315 g/mol. The Hall–Kier alpha value is -2.29. The predicted octanol–water partition coefficient (Wildman–Crippen LogP) is -2.96. The predicted molar refractivity (Wildman–Crippen MR) is 69.8 cm³/mol. The maximum Gasteiger partial charge on any atom is 2.00 e. The molecule has 0 aliphatic heterocycles. The van der Waals surface area contributed by atoms with Crippen molar-refractivity contribution in [3.05, 3.63) is 59.7 Å². The van der Waals surface area contributed by atoms with Crippen LogP contribution < -0.4 is 20.4 Å². The molecule has 0 unspecified atom stereocenters. The molecule has 0 saturated heterocycles. The Kier molecular flexibility index (Phi) is 10.4. The van der Waals surface area contributed by atoms with E-state index in [0.29, 0.717) is 0 Å². The van der Waals surface area contributed by atoms with Crippen LogP contribution in [0.5, 0.6) is 11.5 Å². The van der Waals surface area contributed by atoms with E-state index in [0.717, 1.165) is 0 Å². The molecule has 0 radical (unpaired) electrons. The first-order chi connectivity index (χ1) is 9.43. The molecule has 2 aromatic carbocycles. The summed E-state index contributed by atoms with van der Waals surface area (Å²) >= 11 is 0. The zero-order valence-electron chi connectivity index (χ0n) is 11.3. The van der Waals surface area contributed by atoms with Gasteiger partial charge in [-0.25, -0.2) is 0 Å². The Morgan fingerprint density at radius 1 is 0.682 bits per heavy atom. The van der Waals surface area contributed by atoms with Crippen molar-refractivity contribution in [2.75, 3.05) is 0 Å². The van der Waals surface area contributed by atoms with Gasteiger partial charge in [0.2, 0.25) is 0 Å². The van der Waals surface area contributed by atoms with E-state index in [1.807, 2.05) is 0 Å². The normalized spacial score (nSPS) is 8.36. The van der Waals surface area contributed by atoms with Crippen molar-refractivity contribution in [2.24, 2.45) is 0 Å². The van der Waals surface area contributed by atoms with E-state index >= 15 is 0 Å². The zero-order valence-corrected chi connectivity index (χ0v) is 12.7. The molecule has 0 aliphatic rings. The number of carboxylic acids is 2. The summed E-state index contributed by atoms with van der Waals surface area (Å²) in [4.78, 5) is 20.2. The summed E-state index contributed by atoms with van der Waals surface area (Å²) in [6.07, 6.45) is 0. The molecule has 0 saturated carbocycles. The quantitative estimate of drug-likeness (QED) is 0.539. The molecule has 0 aliphatic carbocycles. The number of hydrogen-bond donors (Lipinski definition) is 0. The maximum absolute atomic E-state index is 10.6. The van der Waals surface area contributed by atoms with Crippen molar-refractivity contribution >= 4 is 35.0 Å². The minimum atomic E-state index is -1.43. The minimum absolute atomic E-state index is 0. The molecule has 0 amide bonds. The SMILES string of the molecule is O.O=C([O-])c1ccccc1[O-].O=C([O-])c1ccccc1[O-].[Mg+2]. The van der Waals surface area contributed by atoms with Gasteiger partial charge in [0.25, 0.3) is 0 Å². The molecule has 8 heteroatoms. The Morgan fingerprint density at radius 3 is 1.14 bits per heavy atom. The minimum Gasteiger partial charge on any atom is -0.872 e. The largest absolute Gasteiger partial charge is 2.00 e. The van der Waals surface area contributed by atoms with E-state index in [2.05, 4.69) is 0 Å². The first-order valence-electron chi connectivity index (χ1n) is 5.38. The number of carbonyl (C=O) groups excluding carboxylic acids is 2. The van der Waals surface area contributed by atoms with E-state index in [1.165, 1.54) is 48.5 Å². The van der Waals surface area contributed by atoms with Crippen LogP contribution in [-0.4, -0.2) is 40.5 Å². The van der Waals surface area contributed by atoms with Gasteiger partial charge in [0.1, 0.15) is 0 Å². The van der Waals surface area contributed by atoms with Crippen LogP contribution in [0, 0.1) is 0 Å². The van der Waals surface area contributed by atoms with Gasteiger partial charge >= 0.3 is 23.1 Å². The molecular weight excluding hydrogens is 304 g/mol. The number of rotatable bonds is 2. The van der Waals surface area contributed by atoms with Crippen LogP contribution in [0.3, 0.4) is 0 Å². The number of hydrogen-bond acceptors (Lipinski definition) is 6. The summed E-state index contributed by atoms with van der Waals surface area (Å²) in [5.74, 6) is -3.87. The van der Waals surface area contributed by atoms with Crippen LogP contribution >= 0.6 is 0 Å². The monoisotopic (exact) mass is 314 g/mol. The second kappa shape index (κ2) is 10.4. The van der Waals surface area contributed by atoms with Crippen LogP contribution in [0.15, 0.2) is 48.5 Å². The van der Waals surface area contributed by atoms with Crippen LogP contribution in [0.4, 0.5) is 0 Å². The van der Waals surface area contributed by atoms with Crippen molar-refractivity contribution in [1.29, 1.82) is 0 Å². The molecule has 0 bridgehead atoms. The molecule has 112 valence electrons. The van der Waals surface area contributed by atoms with Gasteiger partial charge in [0.15, 0.2) is 0 Å². The second-order valence-corrected chi connectivity index (χ2v) is 3.57. The van der Waals surface area contributed by atoms with Gasteiger partial charge in [-0.2, -0.15) is 0 Å². The fraction of sp³-hybridized carbons (Fsp3) is 0. The smallest absolute Gasteiger partial charge is 0.872 e. The molecule has 0 heterocycles. The van der Waals surface area contributed by atoms with E-state index < -0.39 is 23.4 Å². The summed E-state index contributed by atoms with van der Waals surface area (Å²) < 4.78 is 0. The van der Waals surface area contributed by atoms with Crippen LogP contribution in [-0.2, 0) is 0 Å². The zero-order chi connectivity index (χ0) is 15.1.